The normalized spacial score (nSPS) is 11.2. The number of imidazole rings is 1. The van der Waals surface area contributed by atoms with Gasteiger partial charge in [-0.05, 0) is 53.6 Å². The molecule has 6 nitrogen and oxygen atoms in total. The van der Waals surface area contributed by atoms with Crippen LogP contribution in [0.4, 0.5) is 0 Å². The number of benzene rings is 2. The van der Waals surface area contributed by atoms with E-state index in [0.29, 0.717) is 29.5 Å². The van der Waals surface area contributed by atoms with E-state index in [4.69, 9.17) is 9.47 Å². The fourth-order valence-corrected chi connectivity index (χ4v) is 2.93. The van der Waals surface area contributed by atoms with Gasteiger partial charge in [-0.2, -0.15) is 5.26 Å². The second-order valence-corrected chi connectivity index (χ2v) is 6.33. The van der Waals surface area contributed by atoms with Crippen LogP contribution in [0.15, 0.2) is 67.0 Å². The smallest absolute Gasteiger partial charge is 0.161 e. The van der Waals surface area contributed by atoms with Gasteiger partial charge >= 0.3 is 0 Å². The van der Waals surface area contributed by atoms with Crippen molar-refractivity contribution in [3.8, 4) is 17.6 Å². The molecule has 2 heterocycles. The molecule has 0 fully saturated rings. The average Bonchev–Trinajstić information content (AvgIpc) is 3.21. The van der Waals surface area contributed by atoms with Crippen molar-refractivity contribution in [2.75, 3.05) is 7.11 Å². The van der Waals surface area contributed by atoms with Gasteiger partial charge in [0.15, 0.2) is 11.5 Å². The molecule has 0 bridgehead atoms. The first-order valence-electron chi connectivity index (χ1n) is 9.03. The Bertz CT molecular complexity index is 1170. The molecule has 0 atom stereocenters. The fourth-order valence-electron chi connectivity index (χ4n) is 2.93. The lowest BCUT2D eigenvalue weighted by molar-refractivity contribution is 0.284. The number of rotatable bonds is 6. The molecule has 0 aliphatic heterocycles. The van der Waals surface area contributed by atoms with Gasteiger partial charge in [0.2, 0.25) is 0 Å². The molecular formula is C23H18N4O2. The number of hydrogen-bond acceptors (Lipinski definition) is 5. The summed E-state index contributed by atoms with van der Waals surface area (Å²) in [6, 6.07) is 19.2. The quantitative estimate of drug-likeness (QED) is 0.492. The van der Waals surface area contributed by atoms with Crippen LogP contribution in [0.25, 0.3) is 22.7 Å². The van der Waals surface area contributed by atoms with Crippen LogP contribution >= 0.6 is 0 Å². The molecule has 6 heteroatoms. The van der Waals surface area contributed by atoms with Crippen LogP contribution in [0.1, 0.15) is 17.0 Å². The molecule has 0 aliphatic rings. The number of nitrogens with zero attached hydrogens (tertiary/aromatic N) is 3. The molecule has 0 aliphatic carbocycles. The molecule has 0 unspecified atom stereocenters. The number of hydrogen-bond donors (Lipinski definition) is 1. The Kier molecular flexibility index (Phi) is 5.21. The van der Waals surface area contributed by atoms with Gasteiger partial charge in [-0.3, -0.25) is 4.98 Å². The number of aromatic amines is 1. The Morgan fingerprint density at radius 3 is 2.69 bits per heavy atom. The maximum Gasteiger partial charge on any atom is 0.161 e. The highest BCUT2D eigenvalue weighted by Gasteiger charge is 2.10. The number of fused-ring (bicyclic) bond motifs is 1. The zero-order chi connectivity index (χ0) is 20.1. The molecule has 1 N–H and O–H groups in total. The molecule has 0 saturated heterocycles. The number of allylic oxidation sites excluding steroid dienone is 1. The van der Waals surface area contributed by atoms with Crippen LogP contribution in [0.5, 0.6) is 11.5 Å². The lowest BCUT2D eigenvalue weighted by Gasteiger charge is -2.11. The molecule has 142 valence electrons. The van der Waals surface area contributed by atoms with E-state index < -0.39 is 0 Å². The summed E-state index contributed by atoms with van der Waals surface area (Å²) >= 11 is 0. The molecule has 0 radical (unpaired) electrons. The Balaban J connectivity index is 1.59. The molecular weight excluding hydrogens is 364 g/mol. The Morgan fingerprint density at radius 1 is 1.10 bits per heavy atom. The average molecular weight is 382 g/mol. The summed E-state index contributed by atoms with van der Waals surface area (Å²) < 4.78 is 11.3. The number of H-pyrrole nitrogens is 1. The van der Waals surface area contributed by atoms with Gasteiger partial charge in [0.05, 0.1) is 23.7 Å². The maximum atomic E-state index is 9.62. The van der Waals surface area contributed by atoms with Gasteiger partial charge in [0.25, 0.3) is 0 Å². The zero-order valence-corrected chi connectivity index (χ0v) is 15.8. The van der Waals surface area contributed by atoms with Crippen molar-refractivity contribution < 1.29 is 9.47 Å². The number of nitrogens with one attached hydrogen (secondary N) is 1. The van der Waals surface area contributed by atoms with Crippen molar-refractivity contribution in [1.29, 1.82) is 5.26 Å². The maximum absolute atomic E-state index is 9.62. The van der Waals surface area contributed by atoms with Gasteiger partial charge < -0.3 is 14.5 Å². The molecule has 4 aromatic rings. The number of nitriles is 1. The van der Waals surface area contributed by atoms with Crippen molar-refractivity contribution in [1.82, 2.24) is 15.0 Å². The van der Waals surface area contributed by atoms with Crippen molar-refractivity contribution in [2.24, 2.45) is 0 Å². The first-order chi connectivity index (χ1) is 14.3. The van der Waals surface area contributed by atoms with Gasteiger partial charge in [-0.1, -0.05) is 18.2 Å². The number of pyridine rings is 1. The molecule has 2 aromatic carbocycles. The third kappa shape index (κ3) is 4.09. The van der Waals surface area contributed by atoms with Crippen LogP contribution in [-0.2, 0) is 6.61 Å². The summed E-state index contributed by atoms with van der Waals surface area (Å²) in [6.45, 7) is 0.413. The van der Waals surface area contributed by atoms with Gasteiger partial charge in [0, 0.05) is 12.4 Å². The Morgan fingerprint density at radius 2 is 1.93 bits per heavy atom. The fraction of sp³-hybridized carbons (Fsp3) is 0.0870. The highest BCUT2D eigenvalue weighted by Crippen LogP contribution is 2.30. The van der Waals surface area contributed by atoms with E-state index in [1.54, 1.807) is 25.6 Å². The summed E-state index contributed by atoms with van der Waals surface area (Å²) in [6.07, 6.45) is 5.23. The van der Waals surface area contributed by atoms with Gasteiger partial charge in [0.1, 0.15) is 18.5 Å². The minimum Gasteiger partial charge on any atom is -0.493 e. The second-order valence-electron chi connectivity index (χ2n) is 6.33. The van der Waals surface area contributed by atoms with E-state index in [1.807, 2.05) is 54.6 Å². The third-order valence-electron chi connectivity index (χ3n) is 4.41. The van der Waals surface area contributed by atoms with Crippen molar-refractivity contribution in [2.45, 2.75) is 6.61 Å². The SMILES string of the molecule is COc1cc(C=C(C#N)c2nc3ccccc3[nH]2)ccc1OCc1ccncc1. The number of aromatic nitrogens is 3. The summed E-state index contributed by atoms with van der Waals surface area (Å²) in [4.78, 5) is 11.7. The predicted octanol–water partition coefficient (Wildman–Crippen LogP) is 4.61. The van der Waals surface area contributed by atoms with E-state index in [0.717, 1.165) is 22.2 Å². The minimum absolute atomic E-state index is 0.413. The summed E-state index contributed by atoms with van der Waals surface area (Å²) in [7, 11) is 1.59. The summed E-state index contributed by atoms with van der Waals surface area (Å²) in [5.74, 6) is 1.75. The minimum atomic E-state index is 0.413. The van der Waals surface area contributed by atoms with Gasteiger partial charge in [-0.15, -0.1) is 0 Å². The highest BCUT2D eigenvalue weighted by atomic mass is 16.5. The molecule has 0 spiro atoms. The van der Waals surface area contributed by atoms with Crippen LogP contribution in [-0.4, -0.2) is 22.1 Å². The number of ether oxygens (including phenoxy) is 2. The van der Waals surface area contributed by atoms with E-state index in [-0.39, 0.29) is 0 Å². The lowest BCUT2D eigenvalue weighted by Crippen LogP contribution is -1.98. The van der Waals surface area contributed by atoms with E-state index in [2.05, 4.69) is 21.0 Å². The van der Waals surface area contributed by atoms with Crippen LogP contribution in [0.3, 0.4) is 0 Å². The van der Waals surface area contributed by atoms with Crippen molar-refractivity contribution >= 4 is 22.7 Å². The lowest BCUT2D eigenvalue weighted by atomic mass is 10.1. The number of para-hydroxylation sites is 2. The third-order valence-corrected chi connectivity index (χ3v) is 4.41. The van der Waals surface area contributed by atoms with Crippen LogP contribution < -0.4 is 9.47 Å². The highest BCUT2D eigenvalue weighted by molar-refractivity contribution is 5.90. The van der Waals surface area contributed by atoms with E-state index in [9.17, 15) is 5.26 Å². The first-order valence-corrected chi connectivity index (χ1v) is 9.03. The Labute approximate surface area is 168 Å². The predicted molar refractivity (Wildman–Crippen MR) is 111 cm³/mol. The number of methoxy groups -OCH3 is 1. The molecule has 4 rings (SSSR count). The Hall–Kier alpha value is -4.11. The van der Waals surface area contributed by atoms with E-state index >= 15 is 0 Å². The van der Waals surface area contributed by atoms with E-state index in [1.165, 1.54) is 0 Å². The van der Waals surface area contributed by atoms with Crippen LogP contribution in [0.2, 0.25) is 0 Å². The molecule has 2 aromatic heterocycles. The van der Waals surface area contributed by atoms with Gasteiger partial charge in [-0.25, -0.2) is 4.98 Å². The molecule has 29 heavy (non-hydrogen) atoms. The first kappa shape index (κ1) is 18.3. The second kappa shape index (κ2) is 8.28. The largest absolute Gasteiger partial charge is 0.493 e. The van der Waals surface area contributed by atoms with Crippen molar-refractivity contribution in [3.05, 3.63) is 83.9 Å². The molecule has 0 saturated carbocycles. The molecule has 0 amide bonds. The summed E-state index contributed by atoms with van der Waals surface area (Å²) in [5, 5.41) is 9.62. The standard InChI is InChI=1S/C23H18N4O2/c1-28-22-13-17(6-7-21(22)29-15-16-8-10-25-11-9-16)12-18(14-24)23-26-19-4-2-3-5-20(19)27-23/h2-13H,15H2,1H3,(H,26,27). The zero-order valence-electron chi connectivity index (χ0n) is 15.8. The van der Waals surface area contributed by atoms with Crippen LogP contribution in [0, 0.1) is 11.3 Å². The summed E-state index contributed by atoms with van der Waals surface area (Å²) in [5.41, 5.74) is 3.98. The monoisotopic (exact) mass is 382 g/mol. The topological polar surface area (TPSA) is 83.8 Å². The van der Waals surface area contributed by atoms with Crippen molar-refractivity contribution in [3.63, 3.8) is 0 Å².